The van der Waals surface area contributed by atoms with Gasteiger partial charge in [0.15, 0.2) is 11.9 Å². The number of aryl methyl sites for hydroxylation is 2. The Morgan fingerprint density at radius 1 is 1.48 bits per heavy atom. The van der Waals surface area contributed by atoms with Crippen LogP contribution in [0.3, 0.4) is 0 Å². The molecule has 25 heavy (non-hydrogen) atoms. The molecular weight excluding hydrogens is 365 g/mol. The van der Waals surface area contributed by atoms with Crippen LogP contribution >= 0.6 is 11.3 Å². The Hall–Kier alpha value is -2.37. The lowest BCUT2D eigenvalue weighted by Gasteiger charge is -2.21. The smallest absolute Gasteiger partial charge is 0.450 e. The zero-order valence-electron chi connectivity index (χ0n) is 12.9. The van der Waals surface area contributed by atoms with Crippen LogP contribution in [0.25, 0.3) is 0 Å². The summed E-state index contributed by atoms with van der Waals surface area (Å²) in [6, 6.07) is 0. The fraction of sp³-hybridized carbons (Fsp3) is 0.538. The van der Waals surface area contributed by atoms with Crippen molar-refractivity contribution in [3.05, 3.63) is 31.9 Å². The van der Waals surface area contributed by atoms with Crippen LogP contribution in [-0.2, 0) is 23.9 Å². The summed E-state index contributed by atoms with van der Waals surface area (Å²) in [4.78, 5) is 26.6. The van der Waals surface area contributed by atoms with E-state index in [0.29, 0.717) is 19.3 Å². The molecule has 2 aromatic heterocycles. The van der Waals surface area contributed by atoms with Gasteiger partial charge in [0.2, 0.25) is 0 Å². The van der Waals surface area contributed by atoms with Crippen LogP contribution in [0.5, 0.6) is 0 Å². The molecule has 1 atom stereocenters. The fourth-order valence-corrected chi connectivity index (χ4v) is 3.69. The average molecular weight is 378 g/mol. The van der Waals surface area contributed by atoms with E-state index in [0.717, 1.165) is 20.6 Å². The van der Waals surface area contributed by atoms with Crippen LogP contribution in [0.4, 0.5) is 18.0 Å². The number of carboxylic acid groups (broad SMARTS) is 1. The number of carbonyl (C=O) groups is 1. The summed E-state index contributed by atoms with van der Waals surface area (Å²) in [6.45, 7) is 1.06. The van der Waals surface area contributed by atoms with Gasteiger partial charge in [-0.25, -0.2) is 23.8 Å². The van der Waals surface area contributed by atoms with Crippen molar-refractivity contribution in [2.75, 3.05) is 0 Å². The maximum Gasteiger partial charge on any atom is 0.507 e. The van der Waals surface area contributed by atoms with Crippen molar-refractivity contribution < 1.29 is 27.8 Å². The Balaban J connectivity index is 1.97. The molecule has 136 valence electrons. The number of halogens is 3. The molecule has 0 bridgehead atoms. The van der Waals surface area contributed by atoms with Gasteiger partial charge in [-0.3, -0.25) is 0 Å². The number of hydrogen-bond donors (Lipinski definition) is 1. The molecule has 0 spiro atoms. The van der Waals surface area contributed by atoms with Gasteiger partial charge in [0.05, 0.1) is 16.4 Å². The SMILES string of the molecule is Cc1nc(C(F)(F)F)c(Cn2nc3n(c2=O)C(OC(=O)O)CCC3)s1. The van der Waals surface area contributed by atoms with E-state index < -0.39 is 29.9 Å². The molecule has 12 heteroatoms. The minimum absolute atomic E-state index is 0.127. The lowest BCUT2D eigenvalue weighted by molar-refractivity contribution is -0.141. The van der Waals surface area contributed by atoms with Gasteiger partial charge < -0.3 is 9.84 Å². The highest BCUT2D eigenvalue weighted by atomic mass is 32.1. The lowest BCUT2D eigenvalue weighted by atomic mass is 10.1. The summed E-state index contributed by atoms with van der Waals surface area (Å²) >= 11 is 0.837. The molecule has 0 fully saturated rings. The molecule has 1 unspecified atom stereocenters. The molecule has 2 aromatic rings. The van der Waals surface area contributed by atoms with Crippen molar-refractivity contribution in [3.8, 4) is 0 Å². The lowest BCUT2D eigenvalue weighted by Crippen LogP contribution is -2.33. The Bertz CT molecular complexity index is 870. The number of thiazole rings is 1. The van der Waals surface area contributed by atoms with Gasteiger partial charge in [0.25, 0.3) is 0 Å². The third-order valence-electron chi connectivity index (χ3n) is 3.68. The third kappa shape index (κ3) is 3.38. The molecular formula is C13H13F3N4O4S. The maximum atomic E-state index is 13.0. The number of aromatic nitrogens is 4. The Labute approximate surface area is 142 Å². The normalized spacial score (nSPS) is 17.4. The molecule has 0 radical (unpaired) electrons. The molecule has 1 aliphatic rings. The van der Waals surface area contributed by atoms with E-state index in [1.165, 1.54) is 6.92 Å². The molecule has 1 aliphatic heterocycles. The summed E-state index contributed by atoms with van der Waals surface area (Å²) in [5.74, 6) is 0.289. The summed E-state index contributed by atoms with van der Waals surface area (Å²) in [7, 11) is 0. The predicted molar refractivity (Wildman–Crippen MR) is 78.5 cm³/mol. The number of alkyl halides is 3. The molecule has 0 aromatic carbocycles. The summed E-state index contributed by atoms with van der Waals surface area (Å²) in [5, 5.41) is 13.0. The molecule has 3 heterocycles. The first-order valence-electron chi connectivity index (χ1n) is 7.28. The van der Waals surface area contributed by atoms with Gasteiger partial charge in [0.1, 0.15) is 5.82 Å². The predicted octanol–water partition coefficient (Wildman–Crippen LogP) is 2.41. The van der Waals surface area contributed by atoms with Crippen molar-refractivity contribution in [3.63, 3.8) is 0 Å². The second kappa shape index (κ2) is 6.17. The standard InChI is InChI=1S/C13H13F3N4O4S/c1-6-17-10(13(14,15)16)7(25-6)5-19-11(21)20-8(18-19)3-2-4-9(20)24-12(22)23/h9H,2-5H2,1H3,(H,22,23). The highest BCUT2D eigenvalue weighted by molar-refractivity contribution is 7.11. The first-order valence-corrected chi connectivity index (χ1v) is 8.09. The zero-order valence-corrected chi connectivity index (χ0v) is 13.7. The summed E-state index contributed by atoms with van der Waals surface area (Å²) < 4.78 is 45.8. The molecule has 8 nitrogen and oxygen atoms in total. The summed E-state index contributed by atoms with van der Waals surface area (Å²) in [6.07, 6.45) is -5.91. The Kier molecular flexibility index (Phi) is 4.31. The van der Waals surface area contributed by atoms with E-state index in [2.05, 4.69) is 14.8 Å². The van der Waals surface area contributed by atoms with E-state index in [-0.39, 0.29) is 22.3 Å². The van der Waals surface area contributed by atoms with Gasteiger partial charge in [-0.2, -0.15) is 18.3 Å². The van der Waals surface area contributed by atoms with Crippen molar-refractivity contribution in [2.24, 2.45) is 0 Å². The van der Waals surface area contributed by atoms with Crippen LogP contribution in [-0.4, -0.2) is 30.6 Å². The topological polar surface area (TPSA) is 99.2 Å². The van der Waals surface area contributed by atoms with E-state index in [1.54, 1.807) is 0 Å². The van der Waals surface area contributed by atoms with Gasteiger partial charge in [0, 0.05) is 12.8 Å². The van der Waals surface area contributed by atoms with Crippen molar-refractivity contribution in [1.29, 1.82) is 0 Å². The molecule has 0 aliphatic carbocycles. The highest BCUT2D eigenvalue weighted by Gasteiger charge is 2.37. The molecule has 0 saturated heterocycles. The molecule has 1 N–H and O–H groups in total. The van der Waals surface area contributed by atoms with Gasteiger partial charge >= 0.3 is 18.0 Å². The van der Waals surface area contributed by atoms with E-state index in [1.807, 2.05) is 0 Å². The largest absolute Gasteiger partial charge is 0.507 e. The second-order valence-electron chi connectivity index (χ2n) is 5.46. The number of nitrogens with zero attached hydrogens (tertiary/aromatic N) is 4. The Morgan fingerprint density at radius 3 is 2.84 bits per heavy atom. The van der Waals surface area contributed by atoms with Crippen LogP contribution in [0, 0.1) is 6.92 Å². The van der Waals surface area contributed by atoms with Crippen molar-refractivity contribution in [2.45, 2.75) is 45.1 Å². The fourth-order valence-electron chi connectivity index (χ4n) is 2.75. The van der Waals surface area contributed by atoms with Gasteiger partial charge in [-0.1, -0.05) is 0 Å². The van der Waals surface area contributed by atoms with E-state index >= 15 is 0 Å². The molecule has 0 saturated carbocycles. The number of rotatable bonds is 3. The number of ether oxygens (including phenoxy) is 1. The van der Waals surface area contributed by atoms with E-state index in [9.17, 15) is 22.8 Å². The number of hydrogen-bond acceptors (Lipinski definition) is 6. The second-order valence-corrected chi connectivity index (χ2v) is 6.75. The quantitative estimate of drug-likeness (QED) is 0.824. The van der Waals surface area contributed by atoms with Gasteiger partial charge in [-0.15, -0.1) is 11.3 Å². The van der Waals surface area contributed by atoms with Crippen LogP contribution < -0.4 is 5.69 Å². The van der Waals surface area contributed by atoms with Crippen LogP contribution in [0.1, 0.15) is 40.5 Å². The highest BCUT2D eigenvalue weighted by Crippen LogP contribution is 2.34. The van der Waals surface area contributed by atoms with Crippen LogP contribution in [0.2, 0.25) is 0 Å². The minimum atomic E-state index is -4.63. The van der Waals surface area contributed by atoms with Crippen molar-refractivity contribution in [1.82, 2.24) is 19.3 Å². The monoisotopic (exact) mass is 378 g/mol. The first-order chi connectivity index (χ1) is 11.7. The Morgan fingerprint density at radius 2 is 2.20 bits per heavy atom. The van der Waals surface area contributed by atoms with E-state index in [4.69, 9.17) is 5.11 Å². The zero-order chi connectivity index (χ0) is 18.4. The van der Waals surface area contributed by atoms with Crippen LogP contribution in [0.15, 0.2) is 4.79 Å². The third-order valence-corrected chi connectivity index (χ3v) is 4.64. The molecule has 0 amide bonds. The van der Waals surface area contributed by atoms with Crippen molar-refractivity contribution >= 4 is 17.5 Å². The average Bonchev–Trinajstić information content (AvgIpc) is 3.00. The first kappa shape index (κ1) is 17.5. The maximum absolute atomic E-state index is 13.0. The van der Waals surface area contributed by atoms with Gasteiger partial charge in [-0.05, 0) is 13.3 Å². The molecule has 3 rings (SSSR count). The summed E-state index contributed by atoms with van der Waals surface area (Å²) in [5.41, 5.74) is -1.74. The number of fused-ring (bicyclic) bond motifs is 1. The minimum Gasteiger partial charge on any atom is -0.450 e.